The van der Waals surface area contributed by atoms with Crippen LogP contribution >= 0.6 is 12.4 Å². The van der Waals surface area contributed by atoms with Crippen LogP contribution in [0.1, 0.15) is 32.3 Å². The Hall–Kier alpha value is -1.46. The van der Waals surface area contributed by atoms with E-state index in [1.165, 1.54) is 0 Å². The van der Waals surface area contributed by atoms with Crippen molar-refractivity contribution in [3.63, 3.8) is 0 Å². The molecule has 6 heteroatoms. The van der Waals surface area contributed by atoms with Crippen LogP contribution in [-0.2, 0) is 10.2 Å². The number of methoxy groups -OCH3 is 2. The molecule has 1 aliphatic heterocycles. The lowest BCUT2D eigenvalue weighted by atomic mass is 9.82. The van der Waals surface area contributed by atoms with Gasteiger partial charge in [-0.3, -0.25) is 4.79 Å². The minimum Gasteiger partial charge on any atom is -0.493 e. The number of amides is 1. The maximum absolute atomic E-state index is 13.1. The first-order valence-corrected chi connectivity index (χ1v) is 8.60. The summed E-state index contributed by atoms with van der Waals surface area (Å²) in [5, 5.41) is 3.23. The van der Waals surface area contributed by atoms with Crippen LogP contribution in [-0.4, -0.2) is 51.7 Å². The summed E-state index contributed by atoms with van der Waals surface area (Å²) in [4.78, 5) is 15.1. The highest BCUT2D eigenvalue weighted by atomic mass is 35.5. The van der Waals surface area contributed by atoms with E-state index in [1.807, 2.05) is 44.0 Å². The molecule has 5 nitrogen and oxygen atoms in total. The summed E-state index contributed by atoms with van der Waals surface area (Å²) in [6, 6.07) is 5.72. The normalized spacial score (nSPS) is 15.5. The quantitative estimate of drug-likeness (QED) is 0.836. The second-order valence-corrected chi connectivity index (χ2v) is 6.99. The van der Waals surface area contributed by atoms with E-state index in [1.54, 1.807) is 14.2 Å². The van der Waals surface area contributed by atoms with Gasteiger partial charge in [0.05, 0.1) is 19.6 Å². The highest BCUT2D eigenvalue weighted by Crippen LogP contribution is 2.34. The summed E-state index contributed by atoms with van der Waals surface area (Å²) in [5.74, 6) is 2.18. The van der Waals surface area contributed by atoms with Gasteiger partial charge in [0.25, 0.3) is 0 Å². The number of carbonyl (C=O) groups is 1. The Morgan fingerprint density at radius 1 is 1.20 bits per heavy atom. The van der Waals surface area contributed by atoms with Crippen molar-refractivity contribution in [2.45, 2.75) is 32.1 Å². The standard InChI is InChI=1S/C19H30N2O3.ClH/c1-19(2,15-6-7-16(23-4)17(12-15)24-5)18(22)21-10-8-14(9-11-21)13-20-3;/h6-7,12,14,20H,8-11,13H2,1-5H3;1H. The summed E-state index contributed by atoms with van der Waals surface area (Å²) in [5.41, 5.74) is 0.359. The predicted octanol–water partition coefficient (Wildman–Crippen LogP) is 2.86. The fraction of sp³-hybridized carbons (Fsp3) is 0.632. The highest BCUT2D eigenvalue weighted by Gasteiger charge is 2.35. The number of ether oxygens (including phenoxy) is 2. The molecule has 2 rings (SSSR count). The molecule has 1 heterocycles. The Morgan fingerprint density at radius 3 is 2.32 bits per heavy atom. The van der Waals surface area contributed by atoms with E-state index in [0.29, 0.717) is 17.4 Å². The van der Waals surface area contributed by atoms with Gasteiger partial charge in [-0.2, -0.15) is 0 Å². The van der Waals surface area contributed by atoms with Gasteiger partial charge in [0, 0.05) is 13.1 Å². The summed E-state index contributed by atoms with van der Waals surface area (Å²) in [7, 11) is 5.21. The smallest absolute Gasteiger partial charge is 0.232 e. The Bertz CT molecular complexity index is 570. The first-order valence-electron chi connectivity index (χ1n) is 8.60. The van der Waals surface area contributed by atoms with E-state index in [9.17, 15) is 4.79 Å². The van der Waals surface area contributed by atoms with Crippen molar-refractivity contribution in [3.05, 3.63) is 23.8 Å². The van der Waals surface area contributed by atoms with Crippen molar-refractivity contribution < 1.29 is 14.3 Å². The van der Waals surface area contributed by atoms with Gasteiger partial charge in [-0.25, -0.2) is 0 Å². The third-order valence-corrected chi connectivity index (χ3v) is 5.03. The van der Waals surface area contributed by atoms with Gasteiger partial charge in [-0.1, -0.05) is 6.07 Å². The summed E-state index contributed by atoms with van der Waals surface area (Å²) in [6.07, 6.45) is 2.13. The molecule has 0 bridgehead atoms. The number of benzene rings is 1. The molecule has 1 fully saturated rings. The number of nitrogens with one attached hydrogen (secondary N) is 1. The number of carbonyl (C=O) groups excluding carboxylic acids is 1. The Kier molecular flexibility index (Phi) is 8.03. The number of halogens is 1. The topological polar surface area (TPSA) is 50.8 Å². The maximum atomic E-state index is 13.1. The van der Waals surface area contributed by atoms with Crippen LogP contribution < -0.4 is 14.8 Å². The van der Waals surface area contributed by atoms with Crippen LogP contribution in [0.3, 0.4) is 0 Å². The van der Waals surface area contributed by atoms with Gasteiger partial charge >= 0.3 is 0 Å². The van der Waals surface area contributed by atoms with Gasteiger partial charge < -0.3 is 19.7 Å². The fourth-order valence-corrected chi connectivity index (χ4v) is 3.37. The number of hydrogen-bond acceptors (Lipinski definition) is 4. The van der Waals surface area contributed by atoms with Crippen LogP contribution in [0, 0.1) is 5.92 Å². The number of hydrogen-bond donors (Lipinski definition) is 1. The molecule has 0 unspecified atom stereocenters. The van der Waals surface area contributed by atoms with Crippen molar-refractivity contribution >= 4 is 18.3 Å². The van der Waals surface area contributed by atoms with Crippen LogP contribution in [0.25, 0.3) is 0 Å². The van der Waals surface area contributed by atoms with E-state index < -0.39 is 5.41 Å². The van der Waals surface area contributed by atoms with E-state index in [0.717, 1.165) is 38.0 Å². The third kappa shape index (κ3) is 4.79. The van der Waals surface area contributed by atoms with Crippen molar-refractivity contribution in [2.24, 2.45) is 5.92 Å². The zero-order valence-corrected chi connectivity index (χ0v) is 16.7. The molecule has 0 aromatic heterocycles. The average molecular weight is 371 g/mol. The molecule has 1 amide bonds. The molecule has 0 spiro atoms. The second kappa shape index (κ2) is 9.30. The minimum absolute atomic E-state index is 0. The van der Waals surface area contributed by atoms with Gasteiger partial charge in [0.2, 0.25) is 5.91 Å². The molecular formula is C19H31ClN2O3. The lowest BCUT2D eigenvalue weighted by Crippen LogP contribution is -2.47. The number of nitrogens with zero attached hydrogens (tertiary/aromatic N) is 1. The minimum atomic E-state index is -0.588. The molecule has 0 aliphatic carbocycles. The van der Waals surface area contributed by atoms with Gasteiger partial charge in [-0.15, -0.1) is 12.4 Å². The maximum Gasteiger partial charge on any atom is 0.232 e. The lowest BCUT2D eigenvalue weighted by molar-refractivity contribution is -0.137. The van der Waals surface area contributed by atoms with Crippen molar-refractivity contribution in [1.82, 2.24) is 10.2 Å². The summed E-state index contributed by atoms with van der Waals surface area (Å²) < 4.78 is 10.7. The van der Waals surface area contributed by atoms with Crippen LogP contribution in [0.15, 0.2) is 18.2 Å². The predicted molar refractivity (Wildman–Crippen MR) is 103 cm³/mol. The molecule has 1 saturated heterocycles. The molecule has 0 radical (unpaired) electrons. The monoisotopic (exact) mass is 370 g/mol. The van der Waals surface area contributed by atoms with Crippen molar-refractivity contribution in [3.8, 4) is 11.5 Å². The largest absolute Gasteiger partial charge is 0.493 e. The van der Waals surface area contributed by atoms with E-state index >= 15 is 0 Å². The summed E-state index contributed by atoms with van der Waals surface area (Å²) in [6.45, 7) is 6.66. The SMILES string of the molecule is CNCC1CCN(C(=O)C(C)(C)c2ccc(OC)c(OC)c2)CC1.Cl. The molecule has 142 valence electrons. The van der Waals surface area contributed by atoms with Gasteiger partial charge in [0.15, 0.2) is 11.5 Å². The molecule has 25 heavy (non-hydrogen) atoms. The van der Waals surface area contributed by atoms with Crippen LogP contribution in [0.4, 0.5) is 0 Å². The molecule has 0 atom stereocenters. The average Bonchev–Trinajstić information content (AvgIpc) is 2.61. The first kappa shape index (κ1) is 21.6. The van der Waals surface area contributed by atoms with E-state index in [-0.39, 0.29) is 18.3 Å². The molecule has 1 N–H and O–H groups in total. The first-order chi connectivity index (χ1) is 11.4. The van der Waals surface area contributed by atoms with E-state index in [2.05, 4.69) is 5.32 Å². The highest BCUT2D eigenvalue weighted by molar-refractivity contribution is 5.87. The van der Waals surface area contributed by atoms with Crippen LogP contribution in [0.2, 0.25) is 0 Å². The number of rotatable bonds is 6. The van der Waals surface area contributed by atoms with Gasteiger partial charge in [0.1, 0.15) is 0 Å². The molecule has 1 aromatic rings. The molecule has 0 saturated carbocycles. The van der Waals surface area contributed by atoms with E-state index in [4.69, 9.17) is 9.47 Å². The zero-order chi connectivity index (χ0) is 17.7. The molecule has 1 aromatic carbocycles. The fourth-order valence-electron chi connectivity index (χ4n) is 3.37. The molecule has 1 aliphatic rings. The molecular weight excluding hydrogens is 340 g/mol. The Morgan fingerprint density at radius 2 is 1.80 bits per heavy atom. The second-order valence-electron chi connectivity index (χ2n) is 6.99. The third-order valence-electron chi connectivity index (χ3n) is 5.03. The van der Waals surface area contributed by atoms with Crippen LogP contribution in [0.5, 0.6) is 11.5 Å². The Labute approximate surface area is 157 Å². The van der Waals surface area contributed by atoms with Gasteiger partial charge in [-0.05, 0) is 63.9 Å². The summed E-state index contributed by atoms with van der Waals surface area (Å²) >= 11 is 0. The Balaban J connectivity index is 0.00000312. The zero-order valence-electron chi connectivity index (χ0n) is 15.9. The van der Waals surface area contributed by atoms with Crippen molar-refractivity contribution in [2.75, 3.05) is 40.9 Å². The number of likely N-dealkylation sites (tertiary alicyclic amines) is 1. The number of piperidine rings is 1. The lowest BCUT2D eigenvalue weighted by Gasteiger charge is -2.37. The van der Waals surface area contributed by atoms with Crippen molar-refractivity contribution in [1.29, 1.82) is 0 Å².